The molecule has 0 saturated carbocycles. The van der Waals surface area contributed by atoms with Gasteiger partial charge >= 0.3 is 5.69 Å². The average Bonchev–Trinajstić information content (AvgIpc) is 2.52. The first-order valence-corrected chi connectivity index (χ1v) is 6.84. The molecule has 2 aromatic rings. The van der Waals surface area contributed by atoms with Crippen LogP contribution in [0.25, 0.3) is 0 Å². The van der Waals surface area contributed by atoms with Crippen LogP contribution in [0.15, 0.2) is 30.6 Å². The summed E-state index contributed by atoms with van der Waals surface area (Å²) in [6, 6.07) is 6.23. The maximum absolute atomic E-state index is 12.0. The number of anilines is 1. The van der Waals surface area contributed by atoms with Gasteiger partial charge in [0.1, 0.15) is 6.33 Å². The lowest BCUT2D eigenvalue weighted by atomic mass is 10.2. The lowest BCUT2D eigenvalue weighted by Crippen LogP contribution is -2.30. The summed E-state index contributed by atoms with van der Waals surface area (Å²) in [5, 5.41) is 11.5. The molecule has 2 N–H and O–H groups in total. The fraction of sp³-hybridized carbons (Fsp3) is 0.154. The van der Waals surface area contributed by atoms with Crippen LogP contribution in [0.4, 0.5) is 11.5 Å². The minimum Gasteiger partial charge on any atom is -0.473 e. The summed E-state index contributed by atoms with van der Waals surface area (Å²) in [4.78, 5) is 29.9. The van der Waals surface area contributed by atoms with Crippen LogP contribution < -0.4 is 15.6 Å². The number of rotatable bonds is 6. The first kappa shape index (κ1) is 16.4. The molecule has 0 atom stereocenters. The van der Waals surface area contributed by atoms with Gasteiger partial charge in [-0.05, 0) is 25.1 Å². The van der Waals surface area contributed by atoms with E-state index >= 15 is 0 Å². The Morgan fingerprint density at radius 1 is 1.43 bits per heavy atom. The number of carbonyl (C=O) groups is 1. The standard InChI is InChI=1S/C13H12ClN5O4/c1-2-23-13-10(19(21)22)11(15-7-16-13)17-18-12(20)8-4-3-5-9(14)6-8/h3-7H,2H2,1H3,(H,18,20)(H,15,16,17). The number of hydrogen-bond acceptors (Lipinski definition) is 7. The summed E-state index contributed by atoms with van der Waals surface area (Å²) in [6.45, 7) is 1.87. The molecule has 1 heterocycles. The Morgan fingerprint density at radius 3 is 2.87 bits per heavy atom. The number of benzene rings is 1. The summed E-state index contributed by atoms with van der Waals surface area (Å²) < 4.78 is 5.08. The van der Waals surface area contributed by atoms with Crippen LogP contribution in [-0.4, -0.2) is 27.4 Å². The van der Waals surface area contributed by atoms with E-state index in [2.05, 4.69) is 20.8 Å². The molecule has 120 valence electrons. The highest BCUT2D eigenvalue weighted by Gasteiger charge is 2.24. The van der Waals surface area contributed by atoms with Crippen LogP contribution in [0.2, 0.25) is 5.02 Å². The molecule has 0 bridgehead atoms. The molecule has 0 aliphatic carbocycles. The number of carbonyl (C=O) groups excluding carboxylic acids is 1. The topological polar surface area (TPSA) is 119 Å². The minimum atomic E-state index is -0.696. The van der Waals surface area contributed by atoms with E-state index < -0.39 is 16.5 Å². The fourth-order valence-corrected chi connectivity index (χ4v) is 1.87. The number of halogens is 1. The fourth-order valence-electron chi connectivity index (χ4n) is 1.68. The second-order valence-electron chi connectivity index (χ2n) is 4.16. The molecule has 0 unspecified atom stereocenters. The van der Waals surface area contributed by atoms with E-state index in [-0.39, 0.29) is 23.9 Å². The lowest BCUT2D eigenvalue weighted by molar-refractivity contribution is -0.385. The third-order valence-corrected chi connectivity index (χ3v) is 2.87. The smallest absolute Gasteiger partial charge is 0.374 e. The van der Waals surface area contributed by atoms with Crippen molar-refractivity contribution in [2.24, 2.45) is 0 Å². The second kappa shape index (κ2) is 7.36. The van der Waals surface area contributed by atoms with E-state index in [1.54, 1.807) is 25.1 Å². The summed E-state index contributed by atoms with van der Waals surface area (Å²) in [7, 11) is 0. The number of ether oxygens (including phenoxy) is 1. The van der Waals surface area contributed by atoms with Gasteiger partial charge in [0, 0.05) is 10.6 Å². The van der Waals surface area contributed by atoms with Crippen LogP contribution in [-0.2, 0) is 0 Å². The molecule has 0 radical (unpaired) electrons. The Kier molecular flexibility index (Phi) is 5.26. The van der Waals surface area contributed by atoms with Gasteiger partial charge in [-0.1, -0.05) is 17.7 Å². The van der Waals surface area contributed by atoms with Crippen molar-refractivity contribution in [3.8, 4) is 5.88 Å². The highest BCUT2D eigenvalue weighted by Crippen LogP contribution is 2.30. The Bertz CT molecular complexity index is 740. The van der Waals surface area contributed by atoms with Crippen molar-refractivity contribution in [1.82, 2.24) is 15.4 Å². The van der Waals surface area contributed by atoms with Crippen molar-refractivity contribution >= 4 is 29.0 Å². The molecule has 1 aromatic heterocycles. The van der Waals surface area contributed by atoms with E-state index in [1.165, 1.54) is 6.07 Å². The molecule has 10 heteroatoms. The van der Waals surface area contributed by atoms with Gasteiger partial charge < -0.3 is 4.74 Å². The molecule has 2 rings (SSSR count). The zero-order chi connectivity index (χ0) is 16.8. The number of nitrogens with one attached hydrogen (secondary N) is 2. The Morgan fingerprint density at radius 2 is 2.22 bits per heavy atom. The van der Waals surface area contributed by atoms with Gasteiger partial charge in [0.2, 0.25) is 5.82 Å². The van der Waals surface area contributed by atoms with Gasteiger partial charge in [0.05, 0.1) is 11.5 Å². The normalized spacial score (nSPS) is 10.0. The largest absolute Gasteiger partial charge is 0.473 e. The van der Waals surface area contributed by atoms with Gasteiger partial charge in [0.15, 0.2) is 0 Å². The first-order chi connectivity index (χ1) is 11.0. The molecule has 0 fully saturated rings. The maximum Gasteiger partial charge on any atom is 0.374 e. The molecule has 0 aliphatic rings. The van der Waals surface area contributed by atoms with Crippen molar-refractivity contribution in [2.75, 3.05) is 12.0 Å². The van der Waals surface area contributed by atoms with Crippen molar-refractivity contribution in [3.05, 3.63) is 51.3 Å². The third kappa shape index (κ3) is 4.04. The maximum atomic E-state index is 12.0. The summed E-state index contributed by atoms with van der Waals surface area (Å²) in [5.74, 6) is -0.908. The van der Waals surface area contributed by atoms with E-state index in [9.17, 15) is 14.9 Å². The third-order valence-electron chi connectivity index (χ3n) is 2.63. The van der Waals surface area contributed by atoms with Crippen LogP contribution in [0.5, 0.6) is 5.88 Å². The molecule has 0 spiro atoms. The van der Waals surface area contributed by atoms with Crippen molar-refractivity contribution in [1.29, 1.82) is 0 Å². The Hall–Kier alpha value is -2.94. The van der Waals surface area contributed by atoms with Crippen molar-refractivity contribution in [2.45, 2.75) is 6.92 Å². The SMILES string of the molecule is CCOc1ncnc(NNC(=O)c2cccc(Cl)c2)c1[N+](=O)[O-]. The molecule has 1 aromatic carbocycles. The predicted molar refractivity (Wildman–Crippen MR) is 82.4 cm³/mol. The number of hydrogen-bond donors (Lipinski definition) is 2. The van der Waals surface area contributed by atoms with E-state index in [4.69, 9.17) is 16.3 Å². The molecule has 0 saturated heterocycles. The van der Waals surface area contributed by atoms with E-state index in [1.807, 2.05) is 0 Å². The Balaban J connectivity index is 2.18. The molecular formula is C13H12ClN5O4. The van der Waals surface area contributed by atoms with Gasteiger partial charge in [-0.2, -0.15) is 4.98 Å². The predicted octanol–water partition coefficient (Wildman–Crippen LogP) is 2.19. The van der Waals surface area contributed by atoms with Gasteiger partial charge in [0.25, 0.3) is 11.8 Å². The molecule has 9 nitrogen and oxygen atoms in total. The Labute approximate surface area is 135 Å². The molecule has 0 aliphatic heterocycles. The summed E-state index contributed by atoms with van der Waals surface area (Å²) in [6.07, 6.45) is 1.09. The highest BCUT2D eigenvalue weighted by molar-refractivity contribution is 6.30. The summed E-state index contributed by atoms with van der Waals surface area (Å²) >= 11 is 5.80. The molecule has 1 amide bonds. The minimum absolute atomic E-state index is 0.188. The number of hydrazine groups is 1. The van der Waals surface area contributed by atoms with Crippen LogP contribution in [0, 0.1) is 10.1 Å². The number of nitro groups is 1. The number of amides is 1. The van der Waals surface area contributed by atoms with Gasteiger partial charge in [-0.25, -0.2) is 4.98 Å². The zero-order valence-corrected chi connectivity index (χ0v) is 12.7. The summed E-state index contributed by atoms with van der Waals surface area (Å²) in [5.41, 5.74) is 4.52. The number of nitrogens with zero attached hydrogens (tertiary/aromatic N) is 3. The number of aromatic nitrogens is 2. The average molecular weight is 338 g/mol. The molecular weight excluding hydrogens is 326 g/mol. The van der Waals surface area contributed by atoms with Crippen LogP contribution >= 0.6 is 11.6 Å². The lowest BCUT2D eigenvalue weighted by Gasteiger charge is -2.09. The van der Waals surface area contributed by atoms with E-state index in [0.29, 0.717) is 5.02 Å². The first-order valence-electron chi connectivity index (χ1n) is 6.47. The quantitative estimate of drug-likeness (QED) is 0.612. The molecule has 23 heavy (non-hydrogen) atoms. The second-order valence-corrected chi connectivity index (χ2v) is 4.59. The van der Waals surface area contributed by atoms with Gasteiger partial charge in [-0.3, -0.25) is 25.8 Å². The zero-order valence-electron chi connectivity index (χ0n) is 11.9. The van der Waals surface area contributed by atoms with Crippen LogP contribution in [0.3, 0.4) is 0 Å². The monoisotopic (exact) mass is 337 g/mol. The highest BCUT2D eigenvalue weighted by atomic mass is 35.5. The van der Waals surface area contributed by atoms with Crippen molar-refractivity contribution < 1.29 is 14.5 Å². The van der Waals surface area contributed by atoms with E-state index in [0.717, 1.165) is 6.33 Å². The van der Waals surface area contributed by atoms with Crippen molar-refractivity contribution in [3.63, 3.8) is 0 Å². The van der Waals surface area contributed by atoms with Crippen LogP contribution in [0.1, 0.15) is 17.3 Å². The van der Waals surface area contributed by atoms with Gasteiger partial charge in [-0.15, -0.1) is 0 Å².